The second-order valence-electron chi connectivity index (χ2n) is 3.53. The SMILES string of the molecule is O=C(Nc1ccc2c(c1)OCO2)c1ccoc1. The molecule has 0 saturated carbocycles. The Kier molecular flexibility index (Phi) is 2.22. The zero-order chi connectivity index (χ0) is 11.7. The Balaban J connectivity index is 1.80. The van der Waals surface area contributed by atoms with Crippen LogP contribution < -0.4 is 14.8 Å². The highest BCUT2D eigenvalue weighted by molar-refractivity contribution is 6.04. The van der Waals surface area contributed by atoms with E-state index in [1.807, 2.05) is 0 Å². The number of fused-ring (bicyclic) bond motifs is 1. The van der Waals surface area contributed by atoms with Gasteiger partial charge in [0.1, 0.15) is 6.26 Å². The molecule has 0 bridgehead atoms. The largest absolute Gasteiger partial charge is 0.472 e. The first-order valence-electron chi connectivity index (χ1n) is 5.06. The summed E-state index contributed by atoms with van der Waals surface area (Å²) < 4.78 is 15.2. The molecular weight excluding hydrogens is 222 g/mol. The topological polar surface area (TPSA) is 60.7 Å². The molecule has 1 aromatic carbocycles. The average Bonchev–Trinajstić information content (AvgIpc) is 2.99. The summed E-state index contributed by atoms with van der Waals surface area (Å²) in [7, 11) is 0. The molecule has 0 spiro atoms. The van der Waals surface area contributed by atoms with Gasteiger partial charge in [0, 0.05) is 11.8 Å². The van der Waals surface area contributed by atoms with E-state index in [4.69, 9.17) is 13.9 Å². The molecule has 1 aliphatic heterocycles. The third-order valence-corrected chi connectivity index (χ3v) is 2.41. The number of ether oxygens (including phenoxy) is 2. The highest BCUT2D eigenvalue weighted by atomic mass is 16.7. The minimum atomic E-state index is -0.224. The fraction of sp³-hybridized carbons (Fsp3) is 0.0833. The number of rotatable bonds is 2. The summed E-state index contributed by atoms with van der Waals surface area (Å²) in [6.45, 7) is 0.217. The Hall–Kier alpha value is -2.43. The fourth-order valence-corrected chi connectivity index (χ4v) is 1.57. The van der Waals surface area contributed by atoms with Crippen LogP contribution in [0.25, 0.3) is 0 Å². The minimum Gasteiger partial charge on any atom is -0.472 e. The molecule has 0 fully saturated rings. The Morgan fingerprint density at radius 3 is 2.88 bits per heavy atom. The number of carbonyl (C=O) groups excluding carboxylic acids is 1. The Labute approximate surface area is 96.9 Å². The lowest BCUT2D eigenvalue weighted by molar-refractivity contribution is 0.102. The van der Waals surface area contributed by atoms with Crippen molar-refractivity contribution < 1.29 is 18.7 Å². The highest BCUT2D eigenvalue weighted by Gasteiger charge is 2.14. The molecule has 0 atom stereocenters. The van der Waals surface area contributed by atoms with Gasteiger partial charge in [-0.15, -0.1) is 0 Å². The van der Waals surface area contributed by atoms with Crippen LogP contribution in [0.3, 0.4) is 0 Å². The number of hydrogen-bond donors (Lipinski definition) is 1. The third-order valence-electron chi connectivity index (χ3n) is 2.41. The molecule has 1 amide bonds. The van der Waals surface area contributed by atoms with Crippen molar-refractivity contribution in [3.8, 4) is 11.5 Å². The second-order valence-corrected chi connectivity index (χ2v) is 3.53. The van der Waals surface area contributed by atoms with E-state index >= 15 is 0 Å². The Morgan fingerprint density at radius 1 is 1.18 bits per heavy atom. The maximum absolute atomic E-state index is 11.7. The van der Waals surface area contributed by atoms with E-state index in [0.29, 0.717) is 22.7 Å². The van der Waals surface area contributed by atoms with Crippen LogP contribution in [0.5, 0.6) is 11.5 Å². The summed E-state index contributed by atoms with van der Waals surface area (Å²) in [4.78, 5) is 11.7. The second kappa shape index (κ2) is 3.86. The van der Waals surface area contributed by atoms with Crippen LogP contribution in [-0.2, 0) is 0 Å². The summed E-state index contributed by atoms with van der Waals surface area (Å²) >= 11 is 0. The molecule has 86 valence electrons. The number of amides is 1. The van der Waals surface area contributed by atoms with Crippen LogP contribution in [0.1, 0.15) is 10.4 Å². The first kappa shape index (κ1) is 9.77. The minimum absolute atomic E-state index is 0.217. The van der Waals surface area contributed by atoms with Crippen LogP contribution in [0, 0.1) is 0 Å². The van der Waals surface area contributed by atoms with Gasteiger partial charge in [-0.1, -0.05) is 0 Å². The van der Waals surface area contributed by atoms with Gasteiger partial charge in [0.25, 0.3) is 5.91 Å². The molecule has 1 aromatic heterocycles. The van der Waals surface area contributed by atoms with E-state index in [1.165, 1.54) is 12.5 Å². The van der Waals surface area contributed by atoms with Crippen molar-refractivity contribution in [3.05, 3.63) is 42.4 Å². The van der Waals surface area contributed by atoms with Crippen molar-refractivity contribution in [2.45, 2.75) is 0 Å². The van der Waals surface area contributed by atoms with Crippen LogP contribution in [0.4, 0.5) is 5.69 Å². The van der Waals surface area contributed by atoms with Gasteiger partial charge in [0.05, 0.1) is 11.8 Å². The fourth-order valence-electron chi connectivity index (χ4n) is 1.57. The number of carbonyl (C=O) groups is 1. The third kappa shape index (κ3) is 1.82. The predicted octanol–water partition coefficient (Wildman–Crippen LogP) is 2.26. The van der Waals surface area contributed by atoms with E-state index in [2.05, 4.69) is 5.32 Å². The van der Waals surface area contributed by atoms with Crippen molar-refractivity contribution in [2.75, 3.05) is 12.1 Å². The maximum Gasteiger partial charge on any atom is 0.258 e. The van der Waals surface area contributed by atoms with Gasteiger partial charge in [-0.25, -0.2) is 0 Å². The van der Waals surface area contributed by atoms with Crippen molar-refractivity contribution in [1.29, 1.82) is 0 Å². The van der Waals surface area contributed by atoms with Crippen molar-refractivity contribution in [1.82, 2.24) is 0 Å². The molecule has 2 aromatic rings. The standard InChI is InChI=1S/C12H9NO4/c14-12(8-3-4-15-6-8)13-9-1-2-10-11(5-9)17-7-16-10/h1-6H,7H2,(H,13,14). The molecule has 1 aliphatic rings. The molecule has 1 N–H and O–H groups in total. The predicted molar refractivity (Wildman–Crippen MR) is 59.2 cm³/mol. The molecule has 5 heteroatoms. The van der Waals surface area contributed by atoms with Crippen molar-refractivity contribution >= 4 is 11.6 Å². The molecular formula is C12H9NO4. The van der Waals surface area contributed by atoms with Crippen molar-refractivity contribution in [3.63, 3.8) is 0 Å². The number of nitrogens with one attached hydrogen (secondary N) is 1. The smallest absolute Gasteiger partial charge is 0.258 e. The Bertz CT molecular complexity index is 548. The van der Waals surface area contributed by atoms with Gasteiger partial charge < -0.3 is 19.2 Å². The van der Waals surface area contributed by atoms with Crippen LogP contribution in [0.15, 0.2) is 41.2 Å². The Morgan fingerprint density at radius 2 is 2.06 bits per heavy atom. The maximum atomic E-state index is 11.7. The van der Waals surface area contributed by atoms with Gasteiger partial charge in [-0.05, 0) is 18.2 Å². The molecule has 3 rings (SSSR count). The van der Waals surface area contributed by atoms with E-state index in [0.717, 1.165) is 0 Å². The monoisotopic (exact) mass is 231 g/mol. The number of benzene rings is 1. The number of furan rings is 1. The average molecular weight is 231 g/mol. The molecule has 0 radical (unpaired) electrons. The van der Waals surface area contributed by atoms with Crippen molar-refractivity contribution in [2.24, 2.45) is 0 Å². The highest BCUT2D eigenvalue weighted by Crippen LogP contribution is 2.34. The zero-order valence-corrected chi connectivity index (χ0v) is 8.80. The van der Waals surface area contributed by atoms with E-state index < -0.39 is 0 Å². The van der Waals surface area contributed by atoms with Crippen LogP contribution >= 0.6 is 0 Å². The quantitative estimate of drug-likeness (QED) is 0.861. The zero-order valence-electron chi connectivity index (χ0n) is 8.80. The van der Waals surface area contributed by atoms with E-state index in [-0.39, 0.29) is 12.7 Å². The van der Waals surface area contributed by atoms with E-state index in [9.17, 15) is 4.79 Å². The lowest BCUT2D eigenvalue weighted by Crippen LogP contribution is -2.10. The van der Waals surface area contributed by atoms with Gasteiger partial charge in [0.15, 0.2) is 11.5 Å². The van der Waals surface area contributed by atoms with Crippen LogP contribution in [-0.4, -0.2) is 12.7 Å². The summed E-state index contributed by atoms with van der Waals surface area (Å²) in [5.74, 6) is 1.10. The summed E-state index contributed by atoms with van der Waals surface area (Å²) in [6, 6.07) is 6.83. The summed E-state index contributed by atoms with van der Waals surface area (Å²) in [5.41, 5.74) is 1.13. The molecule has 17 heavy (non-hydrogen) atoms. The molecule has 5 nitrogen and oxygen atoms in total. The van der Waals surface area contributed by atoms with Gasteiger partial charge in [0.2, 0.25) is 6.79 Å². The van der Waals surface area contributed by atoms with Gasteiger partial charge in [-0.3, -0.25) is 4.79 Å². The molecule has 0 saturated heterocycles. The van der Waals surface area contributed by atoms with Crippen LogP contribution in [0.2, 0.25) is 0 Å². The molecule has 0 unspecified atom stereocenters. The van der Waals surface area contributed by atoms with Gasteiger partial charge in [-0.2, -0.15) is 0 Å². The molecule has 2 heterocycles. The normalized spacial score (nSPS) is 12.5. The molecule has 0 aliphatic carbocycles. The van der Waals surface area contributed by atoms with E-state index in [1.54, 1.807) is 24.3 Å². The first-order valence-corrected chi connectivity index (χ1v) is 5.06. The first-order chi connectivity index (χ1) is 8.33. The lowest BCUT2D eigenvalue weighted by Gasteiger charge is -2.04. The summed E-state index contributed by atoms with van der Waals surface area (Å²) in [6.07, 6.45) is 2.84. The number of anilines is 1. The lowest BCUT2D eigenvalue weighted by atomic mass is 10.2. The van der Waals surface area contributed by atoms with Gasteiger partial charge >= 0.3 is 0 Å². The number of hydrogen-bond acceptors (Lipinski definition) is 4. The summed E-state index contributed by atoms with van der Waals surface area (Å²) in [5, 5.41) is 2.74.